The summed E-state index contributed by atoms with van der Waals surface area (Å²) < 4.78 is 0. The van der Waals surface area contributed by atoms with E-state index in [0.29, 0.717) is 25.6 Å². The molecule has 0 saturated carbocycles. The number of rotatable bonds is 7. The first-order valence-electron chi connectivity index (χ1n) is 6.42. The molecule has 0 aromatic carbocycles. The molecule has 1 amide bonds. The zero-order valence-corrected chi connectivity index (χ0v) is 12.6. The summed E-state index contributed by atoms with van der Waals surface area (Å²) in [4.78, 5) is 17.1. The molecule has 0 bridgehead atoms. The van der Waals surface area contributed by atoms with Crippen LogP contribution in [0.4, 0.5) is 0 Å². The number of hydrogen-bond donors (Lipinski definition) is 0. The summed E-state index contributed by atoms with van der Waals surface area (Å²) in [6.07, 6.45) is 0.384. The summed E-state index contributed by atoms with van der Waals surface area (Å²) in [6.45, 7) is 5.89. The van der Waals surface area contributed by atoms with Crippen molar-refractivity contribution in [3.63, 3.8) is 0 Å². The predicted octanol–water partition coefficient (Wildman–Crippen LogP) is 2.33. The molecule has 1 heterocycles. The first-order valence-corrected chi connectivity index (χ1v) is 7.30. The Kier molecular flexibility index (Phi) is 6.54. The molecule has 1 aromatic rings. The summed E-state index contributed by atoms with van der Waals surface area (Å²) >= 11 is 1.71. The lowest BCUT2D eigenvalue weighted by molar-refractivity contribution is -0.131. The molecule has 4 nitrogen and oxygen atoms in total. The van der Waals surface area contributed by atoms with Gasteiger partial charge >= 0.3 is 0 Å². The van der Waals surface area contributed by atoms with Crippen molar-refractivity contribution in [3.8, 4) is 6.07 Å². The van der Waals surface area contributed by atoms with Gasteiger partial charge in [-0.15, -0.1) is 11.3 Å². The predicted molar refractivity (Wildman–Crippen MR) is 77.7 cm³/mol. The van der Waals surface area contributed by atoms with E-state index in [1.807, 2.05) is 6.07 Å². The van der Waals surface area contributed by atoms with Gasteiger partial charge in [0.15, 0.2) is 0 Å². The summed E-state index contributed by atoms with van der Waals surface area (Å²) in [6, 6.07) is 6.49. The molecule has 0 N–H and O–H groups in total. The van der Waals surface area contributed by atoms with Gasteiger partial charge in [0.1, 0.15) is 0 Å². The number of hydrogen-bond acceptors (Lipinski definition) is 4. The van der Waals surface area contributed by atoms with Crippen LogP contribution in [0.5, 0.6) is 0 Å². The van der Waals surface area contributed by atoms with Gasteiger partial charge in [0, 0.05) is 31.1 Å². The molecule has 0 saturated heterocycles. The Morgan fingerprint density at radius 3 is 2.79 bits per heavy atom. The van der Waals surface area contributed by atoms with E-state index in [1.165, 1.54) is 4.88 Å². The lowest BCUT2D eigenvalue weighted by Gasteiger charge is -2.27. The molecule has 19 heavy (non-hydrogen) atoms. The number of carbonyl (C=O) groups is 1. The van der Waals surface area contributed by atoms with Crippen LogP contribution >= 0.6 is 11.3 Å². The minimum atomic E-state index is 0.0699. The van der Waals surface area contributed by atoms with E-state index >= 15 is 0 Å². The smallest absolute Gasteiger partial charge is 0.236 e. The van der Waals surface area contributed by atoms with Crippen LogP contribution in [0.1, 0.15) is 25.1 Å². The lowest BCUT2D eigenvalue weighted by atomic mass is 10.3. The van der Waals surface area contributed by atoms with Crippen LogP contribution in [0.15, 0.2) is 17.5 Å². The standard InChI is InChI=1S/C14H21N3OS/c1-12(2)17(10-13-6-4-9-19-13)11-14(18)16(3)8-5-7-15/h4,6,9,12H,5,8,10-11H2,1-3H3. The highest BCUT2D eigenvalue weighted by Gasteiger charge is 2.17. The van der Waals surface area contributed by atoms with Crippen LogP contribution in [0, 0.1) is 11.3 Å². The van der Waals surface area contributed by atoms with E-state index in [0.717, 1.165) is 6.54 Å². The monoisotopic (exact) mass is 279 g/mol. The second-order valence-electron chi connectivity index (χ2n) is 4.80. The number of amides is 1. The van der Waals surface area contributed by atoms with Gasteiger partial charge in [0.05, 0.1) is 19.0 Å². The van der Waals surface area contributed by atoms with Gasteiger partial charge in [-0.25, -0.2) is 0 Å². The first kappa shape index (κ1) is 15.7. The third-order valence-electron chi connectivity index (χ3n) is 2.99. The van der Waals surface area contributed by atoms with Gasteiger partial charge in [-0.3, -0.25) is 9.69 Å². The van der Waals surface area contributed by atoms with Crippen molar-refractivity contribution >= 4 is 17.2 Å². The van der Waals surface area contributed by atoms with Gasteiger partial charge in [-0.2, -0.15) is 5.26 Å². The molecule has 104 valence electrons. The largest absolute Gasteiger partial charge is 0.344 e. The third kappa shape index (κ3) is 5.41. The Labute approximate surface area is 119 Å². The number of nitrogens with zero attached hydrogens (tertiary/aromatic N) is 3. The summed E-state index contributed by atoms with van der Waals surface area (Å²) in [5.41, 5.74) is 0. The molecule has 5 heteroatoms. The lowest BCUT2D eigenvalue weighted by Crippen LogP contribution is -2.41. The van der Waals surface area contributed by atoms with Crippen LogP contribution in [0.2, 0.25) is 0 Å². The molecular weight excluding hydrogens is 258 g/mol. The van der Waals surface area contributed by atoms with Crippen LogP contribution in [-0.4, -0.2) is 41.9 Å². The average Bonchev–Trinajstić information content (AvgIpc) is 2.87. The topological polar surface area (TPSA) is 47.3 Å². The Balaban J connectivity index is 2.54. The minimum Gasteiger partial charge on any atom is -0.344 e. The van der Waals surface area contributed by atoms with E-state index in [9.17, 15) is 4.79 Å². The average molecular weight is 279 g/mol. The second-order valence-corrected chi connectivity index (χ2v) is 5.83. The van der Waals surface area contributed by atoms with Crippen LogP contribution < -0.4 is 0 Å². The third-order valence-corrected chi connectivity index (χ3v) is 3.85. The van der Waals surface area contributed by atoms with Gasteiger partial charge in [-0.05, 0) is 25.3 Å². The summed E-state index contributed by atoms with van der Waals surface area (Å²) in [5, 5.41) is 10.6. The molecule has 0 aliphatic rings. The van der Waals surface area contributed by atoms with E-state index < -0.39 is 0 Å². The second kappa shape index (κ2) is 7.93. The Bertz CT molecular complexity index is 422. The van der Waals surface area contributed by atoms with Crippen LogP contribution in [0.25, 0.3) is 0 Å². The molecule has 0 aliphatic carbocycles. The van der Waals surface area contributed by atoms with Crippen molar-refractivity contribution in [2.24, 2.45) is 0 Å². The minimum absolute atomic E-state index is 0.0699. The maximum Gasteiger partial charge on any atom is 0.236 e. The Morgan fingerprint density at radius 1 is 1.53 bits per heavy atom. The highest BCUT2D eigenvalue weighted by molar-refractivity contribution is 7.09. The molecule has 0 aliphatic heterocycles. The summed E-state index contributed by atoms with van der Waals surface area (Å²) in [7, 11) is 1.75. The number of carbonyl (C=O) groups excluding carboxylic acids is 1. The molecular formula is C14H21N3OS. The fraction of sp³-hybridized carbons (Fsp3) is 0.571. The van der Waals surface area contributed by atoms with Gasteiger partial charge in [0.25, 0.3) is 0 Å². The molecule has 1 aromatic heterocycles. The quantitative estimate of drug-likeness (QED) is 0.769. The molecule has 0 fully saturated rings. The molecule has 1 rings (SSSR count). The van der Waals surface area contributed by atoms with E-state index in [4.69, 9.17) is 5.26 Å². The highest BCUT2D eigenvalue weighted by Crippen LogP contribution is 2.13. The zero-order chi connectivity index (χ0) is 14.3. The molecule has 0 spiro atoms. The van der Waals surface area contributed by atoms with Crippen LogP contribution in [-0.2, 0) is 11.3 Å². The SMILES string of the molecule is CC(C)N(CC(=O)N(C)CCC#N)Cc1cccs1. The first-order chi connectivity index (χ1) is 9.04. The van der Waals surface area contributed by atoms with Crippen molar-refractivity contribution < 1.29 is 4.79 Å². The highest BCUT2D eigenvalue weighted by atomic mass is 32.1. The van der Waals surface area contributed by atoms with Crippen molar-refractivity contribution in [2.45, 2.75) is 32.9 Å². The fourth-order valence-corrected chi connectivity index (χ4v) is 2.39. The zero-order valence-electron chi connectivity index (χ0n) is 11.8. The number of likely N-dealkylation sites (N-methyl/N-ethyl adjacent to an activating group) is 1. The van der Waals surface area contributed by atoms with Gasteiger partial charge in [0.2, 0.25) is 5.91 Å². The van der Waals surface area contributed by atoms with Gasteiger partial charge in [-0.1, -0.05) is 6.07 Å². The van der Waals surface area contributed by atoms with Crippen molar-refractivity contribution in [2.75, 3.05) is 20.1 Å². The molecule has 0 radical (unpaired) electrons. The molecule has 0 atom stereocenters. The fourth-order valence-electron chi connectivity index (χ4n) is 1.66. The number of nitriles is 1. The van der Waals surface area contributed by atoms with Crippen molar-refractivity contribution in [1.29, 1.82) is 5.26 Å². The molecule has 0 unspecified atom stereocenters. The van der Waals surface area contributed by atoms with Crippen molar-refractivity contribution in [1.82, 2.24) is 9.80 Å². The maximum absolute atomic E-state index is 12.1. The van der Waals surface area contributed by atoms with E-state index in [1.54, 1.807) is 23.3 Å². The maximum atomic E-state index is 12.1. The van der Waals surface area contributed by atoms with E-state index in [-0.39, 0.29) is 5.91 Å². The number of thiophene rings is 1. The summed E-state index contributed by atoms with van der Waals surface area (Å²) in [5.74, 6) is 0.0699. The van der Waals surface area contributed by atoms with Crippen molar-refractivity contribution in [3.05, 3.63) is 22.4 Å². The Hall–Kier alpha value is -1.38. The van der Waals surface area contributed by atoms with Gasteiger partial charge < -0.3 is 4.90 Å². The van der Waals surface area contributed by atoms with Crippen LogP contribution in [0.3, 0.4) is 0 Å². The normalized spacial score (nSPS) is 10.7. The Morgan fingerprint density at radius 2 is 2.26 bits per heavy atom. The van der Waals surface area contributed by atoms with E-state index in [2.05, 4.69) is 36.3 Å².